The molecule has 0 radical (unpaired) electrons. The first kappa shape index (κ1) is 11.3. The molecule has 1 aromatic rings. The van der Waals surface area contributed by atoms with Crippen LogP contribution in [0.3, 0.4) is 0 Å². The fourth-order valence-electron chi connectivity index (χ4n) is 3.71. The van der Waals surface area contributed by atoms with Crippen molar-refractivity contribution in [3.8, 4) is 0 Å². The maximum atomic E-state index is 6.11. The molecule has 3 heteroatoms. The predicted octanol–water partition coefficient (Wildman–Crippen LogP) is 2.60. The van der Waals surface area contributed by atoms with Crippen LogP contribution in [0.4, 0.5) is 0 Å². The van der Waals surface area contributed by atoms with Crippen LogP contribution in [-0.4, -0.2) is 23.0 Å². The molecule has 3 atom stereocenters. The Bertz CT molecular complexity index is 387. The molecule has 2 bridgehead atoms. The third kappa shape index (κ3) is 1.91. The van der Waals surface area contributed by atoms with Crippen LogP contribution in [0, 0.1) is 6.92 Å². The fraction of sp³-hybridized carbons (Fsp3) is 0.714. The van der Waals surface area contributed by atoms with Crippen molar-refractivity contribution in [1.82, 2.24) is 4.90 Å². The number of furan rings is 1. The summed E-state index contributed by atoms with van der Waals surface area (Å²) in [6.45, 7) is 4.28. The number of aryl methyl sites for hydroxylation is 1. The van der Waals surface area contributed by atoms with Gasteiger partial charge in [-0.2, -0.15) is 0 Å². The molecule has 2 aliphatic rings. The van der Waals surface area contributed by atoms with Crippen LogP contribution < -0.4 is 5.73 Å². The van der Waals surface area contributed by atoms with Crippen molar-refractivity contribution in [3.63, 3.8) is 0 Å². The molecule has 2 N–H and O–H groups in total. The van der Waals surface area contributed by atoms with Gasteiger partial charge in [-0.1, -0.05) is 0 Å². The Labute approximate surface area is 103 Å². The number of nitrogens with two attached hydrogens (primary N) is 1. The first-order valence-electron chi connectivity index (χ1n) is 6.74. The molecule has 0 saturated carbocycles. The molecule has 3 unspecified atom stereocenters. The third-order valence-corrected chi connectivity index (χ3v) is 4.45. The van der Waals surface area contributed by atoms with Crippen molar-refractivity contribution in [2.75, 3.05) is 0 Å². The largest absolute Gasteiger partial charge is 0.465 e. The van der Waals surface area contributed by atoms with E-state index in [-0.39, 0.29) is 0 Å². The van der Waals surface area contributed by atoms with E-state index >= 15 is 0 Å². The highest BCUT2D eigenvalue weighted by Crippen LogP contribution is 2.41. The minimum absolute atomic E-state index is 0.397. The molecule has 0 aliphatic carbocycles. The maximum absolute atomic E-state index is 6.11. The molecule has 2 aliphatic heterocycles. The molecule has 3 heterocycles. The van der Waals surface area contributed by atoms with E-state index < -0.39 is 0 Å². The Morgan fingerprint density at radius 2 is 1.94 bits per heavy atom. The van der Waals surface area contributed by atoms with Gasteiger partial charge in [0.05, 0.1) is 6.04 Å². The number of piperidine rings is 1. The summed E-state index contributed by atoms with van der Waals surface area (Å²) in [5, 5.41) is 0. The predicted molar refractivity (Wildman–Crippen MR) is 67.7 cm³/mol. The number of rotatable bonds is 2. The van der Waals surface area contributed by atoms with E-state index in [1.165, 1.54) is 12.8 Å². The summed E-state index contributed by atoms with van der Waals surface area (Å²) in [7, 11) is 0. The number of hydrogen-bond acceptors (Lipinski definition) is 3. The van der Waals surface area contributed by atoms with E-state index in [1.807, 2.05) is 6.92 Å². The van der Waals surface area contributed by atoms with Crippen molar-refractivity contribution in [3.05, 3.63) is 23.7 Å². The highest BCUT2D eigenvalue weighted by molar-refractivity contribution is 5.12. The molecule has 17 heavy (non-hydrogen) atoms. The summed E-state index contributed by atoms with van der Waals surface area (Å²) in [4.78, 5) is 2.64. The second-order valence-corrected chi connectivity index (χ2v) is 5.69. The average molecular weight is 234 g/mol. The van der Waals surface area contributed by atoms with E-state index in [2.05, 4.69) is 24.0 Å². The molecular formula is C14H22N2O. The van der Waals surface area contributed by atoms with Crippen molar-refractivity contribution in [2.45, 2.75) is 63.7 Å². The molecule has 0 aromatic carbocycles. The minimum atomic E-state index is 0.397. The van der Waals surface area contributed by atoms with Crippen LogP contribution in [0.5, 0.6) is 0 Å². The Balaban J connectivity index is 1.81. The smallest absolute Gasteiger partial charge is 0.121 e. The van der Waals surface area contributed by atoms with Gasteiger partial charge in [0.25, 0.3) is 0 Å². The quantitative estimate of drug-likeness (QED) is 0.855. The number of hydrogen-bond donors (Lipinski definition) is 1. The lowest BCUT2D eigenvalue weighted by molar-refractivity contribution is 0.0743. The van der Waals surface area contributed by atoms with Crippen molar-refractivity contribution >= 4 is 0 Å². The highest BCUT2D eigenvalue weighted by Gasteiger charge is 2.42. The fourth-order valence-corrected chi connectivity index (χ4v) is 3.71. The minimum Gasteiger partial charge on any atom is -0.465 e. The van der Waals surface area contributed by atoms with Gasteiger partial charge in [0, 0.05) is 18.1 Å². The van der Waals surface area contributed by atoms with Gasteiger partial charge in [0.15, 0.2) is 0 Å². The normalized spacial score (nSPS) is 35.1. The summed E-state index contributed by atoms with van der Waals surface area (Å²) < 4.78 is 5.78. The first-order chi connectivity index (χ1) is 8.15. The van der Waals surface area contributed by atoms with E-state index in [0.29, 0.717) is 24.2 Å². The second kappa shape index (κ2) is 4.14. The van der Waals surface area contributed by atoms with Crippen LogP contribution in [-0.2, 0) is 0 Å². The molecule has 2 fully saturated rings. The first-order valence-corrected chi connectivity index (χ1v) is 6.74. The van der Waals surface area contributed by atoms with Gasteiger partial charge >= 0.3 is 0 Å². The molecule has 3 nitrogen and oxygen atoms in total. The summed E-state index contributed by atoms with van der Waals surface area (Å²) in [5.41, 5.74) is 6.11. The Morgan fingerprint density at radius 3 is 2.47 bits per heavy atom. The lowest BCUT2D eigenvalue weighted by Gasteiger charge is -2.40. The van der Waals surface area contributed by atoms with E-state index in [9.17, 15) is 0 Å². The number of fused-ring (bicyclic) bond motifs is 2. The van der Waals surface area contributed by atoms with Crippen LogP contribution in [0.15, 0.2) is 16.5 Å². The summed E-state index contributed by atoms with van der Waals surface area (Å²) in [5.74, 6) is 2.11. The van der Waals surface area contributed by atoms with Gasteiger partial charge in [-0.3, -0.25) is 4.90 Å². The zero-order valence-electron chi connectivity index (χ0n) is 10.7. The van der Waals surface area contributed by atoms with Gasteiger partial charge in [0.2, 0.25) is 0 Å². The van der Waals surface area contributed by atoms with Crippen LogP contribution in [0.2, 0.25) is 0 Å². The third-order valence-electron chi connectivity index (χ3n) is 4.45. The topological polar surface area (TPSA) is 42.4 Å². The zero-order chi connectivity index (χ0) is 12.0. The maximum Gasteiger partial charge on any atom is 0.121 e. The summed E-state index contributed by atoms with van der Waals surface area (Å²) in [6.07, 6.45) is 4.92. The highest BCUT2D eigenvalue weighted by atomic mass is 16.3. The van der Waals surface area contributed by atoms with Gasteiger partial charge in [-0.05, 0) is 51.7 Å². The lowest BCUT2D eigenvalue weighted by atomic mass is 9.96. The van der Waals surface area contributed by atoms with E-state index in [1.54, 1.807) is 0 Å². The molecule has 3 rings (SSSR count). The number of nitrogens with zero attached hydrogens (tertiary/aromatic N) is 1. The second-order valence-electron chi connectivity index (χ2n) is 5.69. The molecule has 1 aromatic heterocycles. The monoisotopic (exact) mass is 234 g/mol. The molecular weight excluding hydrogens is 212 g/mol. The van der Waals surface area contributed by atoms with Crippen LogP contribution >= 0.6 is 0 Å². The van der Waals surface area contributed by atoms with Gasteiger partial charge in [-0.25, -0.2) is 0 Å². The van der Waals surface area contributed by atoms with Gasteiger partial charge < -0.3 is 10.2 Å². The van der Waals surface area contributed by atoms with Crippen molar-refractivity contribution in [1.29, 1.82) is 0 Å². The van der Waals surface area contributed by atoms with E-state index in [4.69, 9.17) is 10.2 Å². The van der Waals surface area contributed by atoms with Crippen molar-refractivity contribution < 1.29 is 4.42 Å². The zero-order valence-corrected chi connectivity index (χ0v) is 10.7. The average Bonchev–Trinajstić information content (AvgIpc) is 2.81. The van der Waals surface area contributed by atoms with E-state index in [0.717, 1.165) is 24.4 Å². The van der Waals surface area contributed by atoms with Crippen LogP contribution in [0.1, 0.15) is 50.2 Å². The molecule has 0 spiro atoms. The van der Waals surface area contributed by atoms with Gasteiger partial charge in [-0.15, -0.1) is 0 Å². The summed E-state index contributed by atoms with van der Waals surface area (Å²) in [6, 6.07) is 6.33. The Morgan fingerprint density at radius 1 is 1.29 bits per heavy atom. The molecule has 0 amide bonds. The lowest BCUT2D eigenvalue weighted by Crippen LogP contribution is -2.48. The van der Waals surface area contributed by atoms with Crippen LogP contribution in [0.25, 0.3) is 0 Å². The molecule has 94 valence electrons. The van der Waals surface area contributed by atoms with Crippen molar-refractivity contribution in [2.24, 2.45) is 5.73 Å². The van der Waals surface area contributed by atoms with Gasteiger partial charge in [0.1, 0.15) is 11.5 Å². The Hall–Kier alpha value is -0.800. The SMILES string of the molecule is Cc1ccc(C(C)N2C3CCC2CC(N)C3)o1. The Kier molecular flexibility index (Phi) is 2.75. The molecule has 2 saturated heterocycles. The summed E-state index contributed by atoms with van der Waals surface area (Å²) >= 11 is 0. The standard InChI is InChI=1S/C14H22N2O/c1-9-3-6-14(17-9)10(2)16-12-4-5-13(16)8-11(15)7-12/h3,6,10-13H,4-5,7-8,15H2,1-2H3.